The lowest BCUT2D eigenvalue weighted by atomic mass is 9.94. The highest BCUT2D eigenvalue weighted by Gasteiger charge is 2.68. The predicted octanol–water partition coefficient (Wildman–Crippen LogP) is 0.456. The largest absolute Gasteiger partial charge is 0.390 e. The molecule has 3 heteroatoms. The number of epoxide rings is 1. The van der Waals surface area contributed by atoms with E-state index in [9.17, 15) is 5.11 Å². The van der Waals surface area contributed by atoms with Gasteiger partial charge < -0.3 is 14.6 Å². The van der Waals surface area contributed by atoms with Crippen LogP contribution in [0.2, 0.25) is 0 Å². The number of fused-ring (bicyclic) bond motifs is 4. The Kier molecular flexibility index (Phi) is 1.04. The van der Waals surface area contributed by atoms with Gasteiger partial charge in [-0.1, -0.05) is 0 Å². The predicted molar refractivity (Wildman–Crippen MR) is 41.8 cm³/mol. The molecule has 2 unspecified atom stereocenters. The molecule has 3 rings (SSSR count). The fourth-order valence-electron chi connectivity index (χ4n) is 2.85. The van der Waals surface area contributed by atoms with Crippen LogP contribution < -0.4 is 0 Å². The van der Waals surface area contributed by atoms with Gasteiger partial charge in [0, 0.05) is 12.8 Å². The molecule has 3 heterocycles. The maximum atomic E-state index is 9.82. The summed E-state index contributed by atoms with van der Waals surface area (Å²) in [5.41, 5.74) is -0.552. The van der Waals surface area contributed by atoms with Crippen molar-refractivity contribution in [3.05, 3.63) is 0 Å². The summed E-state index contributed by atoms with van der Waals surface area (Å²) in [5, 5.41) is 9.82. The van der Waals surface area contributed by atoms with Crippen molar-refractivity contribution in [1.29, 1.82) is 0 Å². The Morgan fingerprint density at radius 3 is 2.83 bits per heavy atom. The summed E-state index contributed by atoms with van der Waals surface area (Å²) in [6, 6.07) is 0. The normalized spacial score (nSPS) is 67.8. The van der Waals surface area contributed by atoms with Crippen LogP contribution in [-0.4, -0.2) is 34.6 Å². The first kappa shape index (κ1) is 7.30. The number of aliphatic hydroxyl groups is 1. The molecule has 3 aliphatic heterocycles. The van der Waals surface area contributed by atoms with Crippen molar-refractivity contribution in [2.45, 2.75) is 56.2 Å². The molecule has 0 saturated carbocycles. The average Bonchev–Trinajstić information content (AvgIpc) is 2.61. The summed E-state index contributed by atoms with van der Waals surface area (Å²) in [5.74, 6) is 0. The first-order chi connectivity index (χ1) is 5.54. The molecule has 68 valence electrons. The van der Waals surface area contributed by atoms with Crippen molar-refractivity contribution in [2.75, 3.05) is 0 Å². The lowest BCUT2D eigenvalue weighted by molar-refractivity contribution is -0.130. The molecular formula is C9H14O3. The Bertz CT molecular complexity index is 242. The zero-order chi connectivity index (χ0) is 8.56. The Balaban J connectivity index is 2.02. The molecule has 0 spiro atoms. The maximum absolute atomic E-state index is 9.82. The van der Waals surface area contributed by atoms with Crippen LogP contribution in [0.1, 0.15) is 26.7 Å². The van der Waals surface area contributed by atoms with Gasteiger partial charge in [-0.2, -0.15) is 0 Å². The van der Waals surface area contributed by atoms with Gasteiger partial charge in [-0.25, -0.2) is 0 Å². The van der Waals surface area contributed by atoms with E-state index in [1.165, 1.54) is 0 Å². The maximum Gasteiger partial charge on any atom is 0.121 e. The lowest BCUT2D eigenvalue weighted by Gasteiger charge is -2.33. The summed E-state index contributed by atoms with van der Waals surface area (Å²) in [6.07, 6.45) is 1.87. The van der Waals surface area contributed by atoms with E-state index in [0.29, 0.717) is 6.10 Å². The van der Waals surface area contributed by atoms with Gasteiger partial charge in [0.05, 0.1) is 17.8 Å². The molecule has 0 aromatic carbocycles. The summed E-state index contributed by atoms with van der Waals surface area (Å²) in [6.45, 7) is 4.03. The third kappa shape index (κ3) is 0.679. The number of ether oxygens (including phenoxy) is 2. The highest BCUT2D eigenvalue weighted by atomic mass is 16.7. The summed E-state index contributed by atoms with van der Waals surface area (Å²) in [7, 11) is 0. The van der Waals surface area contributed by atoms with Crippen LogP contribution in [0, 0.1) is 0 Å². The van der Waals surface area contributed by atoms with Crippen molar-refractivity contribution >= 4 is 0 Å². The average molecular weight is 170 g/mol. The molecule has 0 radical (unpaired) electrons. The summed E-state index contributed by atoms with van der Waals surface area (Å²) < 4.78 is 11.3. The van der Waals surface area contributed by atoms with Crippen LogP contribution in [0.4, 0.5) is 0 Å². The Hall–Kier alpha value is -0.120. The molecule has 0 amide bonds. The minimum Gasteiger partial charge on any atom is -0.390 e. The van der Waals surface area contributed by atoms with Gasteiger partial charge in [0.15, 0.2) is 0 Å². The van der Waals surface area contributed by atoms with Crippen LogP contribution in [0.15, 0.2) is 0 Å². The molecule has 3 fully saturated rings. The minimum absolute atomic E-state index is 0.133. The minimum atomic E-state index is -0.419. The zero-order valence-corrected chi connectivity index (χ0v) is 7.41. The van der Waals surface area contributed by atoms with E-state index in [1.807, 2.05) is 6.92 Å². The van der Waals surface area contributed by atoms with Crippen LogP contribution in [0.5, 0.6) is 0 Å². The van der Waals surface area contributed by atoms with Crippen LogP contribution in [0.3, 0.4) is 0 Å². The second-order valence-electron chi connectivity index (χ2n) is 4.75. The molecule has 3 nitrogen and oxygen atoms in total. The molecule has 5 atom stereocenters. The molecular weight excluding hydrogens is 156 g/mol. The van der Waals surface area contributed by atoms with Gasteiger partial charge in [-0.05, 0) is 13.8 Å². The van der Waals surface area contributed by atoms with Gasteiger partial charge in [0.2, 0.25) is 0 Å². The standard InChI is InChI=1S/C9H14O3/c1-8-3-5-7(11-5)9(2,12-8)6(10)4-8/h5-7,10H,3-4H2,1-2H3/t5?,6-,7?,8+,9+/m0/s1. The van der Waals surface area contributed by atoms with E-state index in [-0.39, 0.29) is 17.8 Å². The van der Waals surface area contributed by atoms with Gasteiger partial charge in [-0.3, -0.25) is 0 Å². The first-order valence-electron chi connectivity index (χ1n) is 4.57. The fourth-order valence-corrected chi connectivity index (χ4v) is 2.85. The van der Waals surface area contributed by atoms with Crippen LogP contribution in [-0.2, 0) is 9.47 Å². The van der Waals surface area contributed by atoms with E-state index in [4.69, 9.17) is 9.47 Å². The van der Waals surface area contributed by atoms with Crippen LogP contribution in [0.25, 0.3) is 0 Å². The van der Waals surface area contributed by atoms with Crippen LogP contribution >= 0.6 is 0 Å². The molecule has 2 bridgehead atoms. The van der Waals surface area contributed by atoms with Crippen molar-refractivity contribution in [3.8, 4) is 0 Å². The number of rotatable bonds is 0. The highest BCUT2D eigenvalue weighted by Crippen LogP contribution is 2.55. The van der Waals surface area contributed by atoms with Crippen molar-refractivity contribution in [1.82, 2.24) is 0 Å². The molecule has 0 aromatic heterocycles. The van der Waals surface area contributed by atoms with E-state index < -0.39 is 5.60 Å². The topological polar surface area (TPSA) is 42.0 Å². The Labute approximate surface area is 71.7 Å². The van der Waals surface area contributed by atoms with Crippen molar-refractivity contribution in [3.63, 3.8) is 0 Å². The van der Waals surface area contributed by atoms with Crippen molar-refractivity contribution in [2.24, 2.45) is 0 Å². The number of hydrogen-bond donors (Lipinski definition) is 1. The molecule has 3 aliphatic rings. The van der Waals surface area contributed by atoms with E-state index in [1.54, 1.807) is 0 Å². The number of aliphatic hydroxyl groups excluding tert-OH is 1. The molecule has 3 saturated heterocycles. The van der Waals surface area contributed by atoms with E-state index in [2.05, 4.69) is 6.92 Å². The highest BCUT2D eigenvalue weighted by molar-refractivity contribution is 5.16. The van der Waals surface area contributed by atoms with Gasteiger partial charge in [-0.15, -0.1) is 0 Å². The second-order valence-corrected chi connectivity index (χ2v) is 4.75. The van der Waals surface area contributed by atoms with Crippen molar-refractivity contribution < 1.29 is 14.6 Å². The smallest absolute Gasteiger partial charge is 0.121 e. The van der Waals surface area contributed by atoms with E-state index >= 15 is 0 Å². The monoisotopic (exact) mass is 170 g/mol. The summed E-state index contributed by atoms with van der Waals surface area (Å²) >= 11 is 0. The third-order valence-corrected chi connectivity index (χ3v) is 3.53. The SMILES string of the molecule is C[C@]12CC3OC3[C@](C)(O1)[C@@H](O)C2. The fraction of sp³-hybridized carbons (Fsp3) is 1.00. The Morgan fingerprint density at radius 1 is 1.33 bits per heavy atom. The van der Waals surface area contributed by atoms with E-state index in [0.717, 1.165) is 12.8 Å². The van der Waals surface area contributed by atoms with Gasteiger partial charge in [0.25, 0.3) is 0 Å². The molecule has 1 N–H and O–H groups in total. The molecule has 0 aliphatic carbocycles. The van der Waals surface area contributed by atoms with Gasteiger partial charge in [0.1, 0.15) is 11.7 Å². The quantitative estimate of drug-likeness (QED) is 0.537. The first-order valence-corrected chi connectivity index (χ1v) is 4.57. The molecule has 0 aromatic rings. The second kappa shape index (κ2) is 1.72. The number of hydrogen-bond acceptors (Lipinski definition) is 3. The zero-order valence-electron chi connectivity index (χ0n) is 7.41. The Morgan fingerprint density at radius 2 is 2.08 bits per heavy atom. The van der Waals surface area contributed by atoms with Gasteiger partial charge >= 0.3 is 0 Å². The third-order valence-electron chi connectivity index (χ3n) is 3.53. The summed E-state index contributed by atoms with van der Waals surface area (Å²) in [4.78, 5) is 0. The lowest BCUT2D eigenvalue weighted by Crippen LogP contribution is -2.46. The molecule has 12 heavy (non-hydrogen) atoms.